The van der Waals surface area contributed by atoms with Gasteiger partial charge in [0, 0.05) is 0 Å². The molecule has 0 unspecified atom stereocenters. The Kier molecular flexibility index (Phi) is 9.12. The molecule has 0 radical (unpaired) electrons. The second-order valence-corrected chi connectivity index (χ2v) is 11.7. The number of ether oxygens (including phenoxy) is 1. The molecule has 0 bridgehead atoms. The van der Waals surface area contributed by atoms with Crippen molar-refractivity contribution in [2.75, 3.05) is 6.61 Å². The number of halogens is 2. The van der Waals surface area contributed by atoms with Gasteiger partial charge < -0.3 is 4.74 Å². The Morgan fingerprint density at radius 1 is 1.03 bits per heavy atom. The topological polar surface area (TPSA) is 50.7 Å². The number of hydrogen-bond acceptors (Lipinski definition) is 3. The average molecular weight is 566 g/mol. The van der Waals surface area contributed by atoms with Gasteiger partial charge in [0.25, 0.3) is 5.91 Å². The number of nitrogens with one attached hydrogen (secondary N) is 1. The maximum atomic E-state index is 12.3. The van der Waals surface area contributed by atoms with Crippen molar-refractivity contribution < 1.29 is 9.53 Å². The molecule has 4 nitrogen and oxygen atoms in total. The fourth-order valence-corrected chi connectivity index (χ4v) is 5.29. The number of carbonyl (C=O) groups excluding carboxylic acids is 1. The lowest BCUT2D eigenvalue weighted by Crippen LogP contribution is -2.26. The van der Waals surface area contributed by atoms with Gasteiger partial charge in [-0.1, -0.05) is 65.8 Å². The molecule has 0 saturated carbocycles. The molecule has 1 amide bonds. The Hall–Kier alpha value is -1.66. The summed E-state index contributed by atoms with van der Waals surface area (Å²) >= 11 is 7.22. The number of aryl methyl sites for hydroxylation is 1. The lowest BCUT2D eigenvalue weighted by Gasteiger charge is -2.33. The molecule has 2 rings (SSSR count). The van der Waals surface area contributed by atoms with Crippen LogP contribution in [0.4, 0.5) is 0 Å². The number of amides is 1. The SMILES string of the molecule is CCc1ccc(C(C)=NNC(=O)COc2c(Br)cc(C(C)(C)CC(C)(C)C)cc2Br)cc1. The first-order chi connectivity index (χ1) is 14.8. The Balaban J connectivity index is 2.03. The highest BCUT2D eigenvalue weighted by Crippen LogP contribution is 2.42. The molecular formula is C26H34Br2N2O2. The molecular weight excluding hydrogens is 532 g/mol. The van der Waals surface area contributed by atoms with Gasteiger partial charge >= 0.3 is 0 Å². The number of nitrogens with zero attached hydrogens (tertiary/aromatic N) is 1. The predicted molar refractivity (Wildman–Crippen MR) is 141 cm³/mol. The van der Waals surface area contributed by atoms with Gasteiger partial charge in [0.05, 0.1) is 14.7 Å². The molecule has 0 heterocycles. The zero-order valence-electron chi connectivity index (χ0n) is 20.1. The largest absolute Gasteiger partial charge is 0.481 e. The van der Waals surface area contributed by atoms with Crippen LogP contribution < -0.4 is 10.2 Å². The van der Waals surface area contributed by atoms with Crippen LogP contribution in [0.1, 0.15) is 71.6 Å². The molecule has 0 spiro atoms. The molecule has 2 aromatic rings. The standard InChI is InChI=1S/C26H34Br2N2O2/c1-8-18-9-11-19(12-10-18)17(2)29-30-23(31)15-32-24-21(27)13-20(14-22(24)28)26(6,7)16-25(3,4)5/h9-14H,8,15-16H2,1-7H3,(H,30,31). The highest BCUT2D eigenvalue weighted by atomic mass is 79.9. The van der Waals surface area contributed by atoms with Gasteiger partial charge in [0.2, 0.25) is 0 Å². The minimum absolute atomic E-state index is 0.000762. The van der Waals surface area contributed by atoms with E-state index in [9.17, 15) is 4.79 Å². The summed E-state index contributed by atoms with van der Waals surface area (Å²) in [5.41, 5.74) is 6.98. The minimum Gasteiger partial charge on any atom is -0.481 e. The van der Waals surface area contributed by atoms with Gasteiger partial charge in [-0.25, -0.2) is 5.43 Å². The molecule has 0 aromatic heterocycles. The van der Waals surface area contributed by atoms with Crippen LogP contribution in [0.3, 0.4) is 0 Å². The predicted octanol–water partition coefficient (Wildman–Crippen LogP) is 7.41. The fourth-order valence-electron chi connectivity index (χ4n) is 3.88. The highest BCUT2D eigenvalue weighted by Gasteiger charge is 2.28. The van der Waals surface area contributed by atoms with E-state index in [1.807, 2.05) is 19.1 Å². The third kappa shape index (κ3) is 7.73. The quantitative estimate of drug-likeness (QED) is 0.267. The summed E-state index contributed by atoms with van der Waals surface area (Å²) in [6.07, 6.45) is 2.03. The maximum absolute atomic E-state index is 12.3. The van der Waals surface area contributed by atoms with Crippen LogP contribution in [0.2, 0.25) is 0 Å². The van der Waals surface area contributed by atoms with Crippen molar-refractivity contribution >= 4 is 43.5 Å². The highest BCUT2D eigenvalue weighted by molar-refractivity contribution is 9.11. The third-order valence-electron chi connectivity index (χ3n) is 5.23. The van der Waals surface area contributed by atoms with Gasteiger partial charge in [-0.2, -0.15) is 5.10 Å². The van der Waals surface area contributed by atoms with Crippen molar-refractivity contribution in [3.63, 3.8) is 0 Å². The van der Waals surface area contributed by atoms with E-state index in [4.69, 9.17) is 4.74 Å². The van der Waals surface area contributed by atoms with Crippen LogP contribution >= 0.6 is 31.9 Å². The van der Waals surface area contributed by atoms with Gasteiger partial charge in [-0.15, -0.1) is 0 Å². The smallest absolute Gasteiger partial charge is 0.277 e. The van der Waals surface area contributed by atoms with Crippen molar-refractivity contribution in [3.05, 3.63) is 62.0 Å². The monoisotopic (exact) mass is 564 g/mol. The molecule has 174 valence electrons. The Bertz CT molecular complexity index is 951. The van der Waals surface area contributed by atoms with Crippen LogP contribution in [-0.2, 0) is 16.6 Å². The van der Waals surface area contributed by atoms with E-state index in [1.165, 1.54) is 11.1 Å². The fraction of sp³-hybridized carbons (Fsp3) is 0.462. The number of carbonyl (C=O) groups is 1. The van der Waals surface area contributed by atoms with E-state index >= 15 is 0 Å². The normalized spacial score (nSPS) is 12.6. The summed E-state index contributed by atoms with van der Waals surface area (Å²) in [7, 11) is 0. The van der Waals surface area contributed by atoms with Crippen molar-refractivity contribution in [1.82, 2.24) is 5.43 Å². The first-order valence-corrected chi connectivity index (χ1v) is 12.5. The van der Waals surface area contributed by atoms with E-state index in [-0.39, 0.29) is 23.3 Å². The second-order valence-electron chi connectivity index (χ2n) is 9.96. The molecule has 6 heteroatoms. The first kappa shape index (κ1) is 26.6. The molecule has 0 fully saturated rings. The molecule has 0 aliphatic heterocycles. The lowest BCUT2D eigenvalue weighted by molar-refractivity contribution is -0.123. The van der Waals surface area contributed by atoms with Crippen LogP contribution in [0.5, 0.6) is 5.75 Å². The van der Waals surface area contributed by atoms with Crippen molar-refractivity contribution in [3.8, 4) is 5.75 Å². The number of rotatable bonds is 8. The zero-order valence-corrected chi connectivity index (χ0v) is 23.3. The van der Waals surface area contributed by atoms with Crippen molar-refractivity contribution in [2.24, 2.45) is 10.5 Å². The molecule has 32 heavy (non-hydrogen) atoms. The van der Waals surface area contributed by atoms with Crippen molar-refractivity contribution in [1.29, 1.82) is 0 Å². The summed E-state index contributed by atoms with van der Waals surface area (Å²) in [4.78, 5) is 12.3. The number of benzene rings is 2. The average Bonchev–Trinajstić information content (AvgIpc) is 2.69. The van der Waals surface area contributed by atoms with Gasteiger partial charge in [0.1, 0.15) is 5.75 Å². The Morgan fingerprint density at radius 2 is 1.59 bits per heavy atom. The van der Waals surface area contributed by atoms with Gasteiger partial charge in [-0.3, -0.25) is 4.79 Å². The summed E-state index contributed by atoms with van der Waals surface area (Å²) in [5, 5.41) is 4.20. The summed E-state index contributed by atoms with van der Waals surface area (Å²) in [6, 6.07) is 12.3. The molecule has 0 aliphatic rings. The van der Waals surface area contributed by atoms with Gasteiger partial charge in [0.15, 0.2) is 6.61 Å². The minimum atomic E-state index is -0.314. The Morgan fingerprint density at radius 3 is 2.09 bits per heavy atom. The van der Waals surface area contributed by atoms with Crippen LogP contribution in [0.25, 0.3) is 0 Å². The lowest BCUT2D eigenvalue weighted by atomic mass is 9.72. The van der Waals surface area contributed by atoms with E-state index in [0.29, 0.717) is 5.75 Å². The van der Waals surface area contributed by atoms with E-state index in [2.05, 4.69) is 108 Å². The molecule has 2 aromatic carbocycles. The molecule has 0 aliphatic carbocycles. The van der Waals surface area contributed by atoms with Crippen molar-refractivity contribution in [2.45, 2.75) is 66.7 Å². The zero-order chi connectivity index (χ0) is 24.1. The molecule has 0 atom stereocenters. The Labute approximate surface area is 209 Å². The third-order valence-corrected chi connectivity index (χ3v) is 6.41. The van der Waals surface area contributed by atoms with E-state index in [1.54, 1.807) is 0 Å². The molecule has 0 saturated heterocycles. The first-order valence-electron chi connectivity index (χ1n) is 10.9. The van der Waals surface area contributed by atoms with Crippen LogP contribution in [0.15, 0.2) is 50.4 Å². The summed E-state index contributed by atoms with van der Waals surface area (Å²) in [5.74, 6) is 0.289. The summed E-state index contributed by atoms with van der Waals surface area (Å²) < 4.78 is 7.42. The van der Waals surface area contributed by atoms with Crippen LogP contribution in [0, 0.1) is 5.41 Å². The van der Waals surface area contributed by atoms with E-state index < -0.39 is 0 Å². The van der Waals surface area contributed by atoms with E-state index in [0.717, 1.165) is 33.1 Å². The van der Waals surface area contributed by atoms with Gasteiger partial charge in [-0.05, 0) is 91.3 Å². The molecule has 1 N–H and O–H groups in total. The van der Waals surface area contributed by atoms with Crippen LogP contribution in [-0.4, -0.2) is 18.2 Å². The maximum Gasteiger partial charge on any atom is 0.277 e. The second kappa shape index (κ2) is 11.0. The number of hydrazone groups is 1. The summed E-state index contributed by atoms with van der Waals surface area (Å²) in [6.45, 7) is 15.1. The number of hydrogen-bond donors (Lipinski definition) is 1.